The van der Waals surface area contributed by atoms with Crippen LogP contribution in [0.1, 0.15) is 23.1 Å². The number of hydrogen-bond donors (Lipinski definition) is 2. The molecule has 1 aromatic heterocycles. The molecular weight excluding hydrogens is 284 g/mol. The van der Waals surface area contributed by atoms with Gasteiger partial charge in [-0.25, -0.2) is 4.98 Å². The molecule has 0 bridgehead atoms. The standard InChI is InChI=1S/C12H11BrN2O2/c1-7-11(8(2)16)15(17)12(14-7)9-4-3-5-10(13)6-9/h3-6,17H,1-2H3/p+1. The fourth-order valence-electron chi connectivity index (χ4n) is 1.80. The Balaban J connectivity index is 2.62. The van der Waals surface area contributed by atoms with Gasteiger partial charge in [0.05, 0.1) is 5.56 Å². The van der Waals surface area contributed by atoms with Crippen LogP contribution in [-0.2, 0) is 0 Å². The van der Waals surface area contributed by atoms with E-state index in [4.69, 9.17) is 0 Å². The van der Waals surface area contributed by atoms with Crippen LogP contribution in [-0.4, -0.2) is 16.0 Å². The molecule has 0 saturated heterocycles. The highest BCUT2D eigenvalue weighted by Crippen LogP contribution is 2.20. The zero-order valence-corrected chi connectivity index (χ0v) is 11.1. The van der Waals surface area contributed by atoms with E-state index in [9.17, 15) is 10.0 Å². The zero-order chi connectivity index (χ0) is 12.6. The number of carbonyl (C=O) groups excluding carboxylic acids is 1. The van der Waals surface area contributed by atoms with Crippen LogP contribution in [0.25, 0.3) is 11.4 Å². The second kappa shape index (κ2) is 4.33. The summed E-state index contributed by atoms with van der Waals surface area (Å²) in [6.45, 7) is 3.18. The number of aromatic amines is 1. The molecule has 0 unspecified atom stereocenters. The average molecular weight is 296 g/mol. The van der Waals surface area contributed by atoms with Gasteiger partial charge in [-0.1, -0.05) is 22.0 Å². The van der Waals surface area contributed by atoms with Crippen molar-refractivity contribution >= 4 is 21.7 Å². The summed E-state index contributed by atoms with van der Waals surface area (Å²) in [5.74, 6) is 0.316. The van der Waals surface area contributed by atoms with Gasteiger partial charge in [-0.05, 0) is 22.9 Å². The number of hydrogen-bond acceptors (Lipinski definition) is 2. The fourth-order valence-corrected chi connectivity index (χ4v) is 2.20. The molecule has 0 radical (unpaired) electrons. The Labute approximate surface area is 107 Å². The molecule has 5 heteroatoms. The van der Waals surface area contributed by atoms with Gasteiger partial charge in [-0.3, -0.25) is 4.79 Å². The van der Waals surface area contributed by atoms with Gasteiger partial charge in [0, 0.05) is 18.3 Å². The van der Waals surface area contributed by atoms with Crippen LogP contribution in [0.15, 0.2) is 28.7 Å². The van der Waals surface area contributed by atoms with E-state index in [1.807, 2.05) is 24.3 Å². The number of halogens is 1. The van der Waals surface area contributed by atoms with Crippen molar-refractivity contribution in [3.05, 3.63) is 40.1 Å². The first-order valence-corrected chi connectivity index (χ1v) is 5.90. The predicted octanol–water partition coefficient (Wildman–Crippen LogP) is 2.48. The molecule has 88 valence electrons. The molecule has 2 rings (SSSR count). The number of H-pyrrole nitrogens is 1. The second-order valence-electron chi connectivity index (χ2n) is 3.83. The smallest absolute Gasteiger partial charge is 0.327 e. The molecule has 0 spiro atoms. The summed E-state index contributed by atoms with van der Waals surface area (Å²) in [6.07, 6.45) is 0. The van der Waals surface area contributed by atoms with Gasteiger partial charge in [0.1, 0.15) is 0 Å². The molecule has 2 aromatic rings. The fraction of sp³-hybridized carbons (Fsp3) is 0.167. The molecule has 0 atom stereocenters. The van der Waals surface area contributed by atoms with Crippen LogP contribution in [0, 0.1) is 6.92 Å². The van der Waals surface area contributed by atoms with E-state index in [-0.39, 0.29) is 11.5 Å². The predicted molar refractivity (Wildman–Crippen MR) is 66.0 cm³/mol. The topological polar surface area (TPSA) is 57.0 Å². The average Bonchev–Trinajstić information content (AvgIpc) is 2.54. The van der Waals surface area contributed by atoms with Crippen molar-refractivity contribution in [1.29, 1.82) is 0 Å². The Morgan fingerprint density at radius 1 is 1.47 bits per heavy atom. The highest BCUT2D eigenvalue weighted by Gasteiger charge is 2.26. The monoisotopic (exact) mass is 295 g/mol. The van der Waals surface area contributed by atoms with E-state index >= 15 is 0 Å². The van der Waals surface area contributed by atoms with Crippen LogP contribution in [0.5, 0.6) is 0 Å². The number of aromatic nitrogens is 2. The highest BCUT2D eigenvalue weighted by atomic mass is 79.9. The maximum atomic E-state index is 11.4. The number of nitrogens with zero attached hydrogens (tertiary/aromatic N) is 1. The summed E-state index contributed by atoms with van der Waals surface area (Å²) in [7, 11) is 0. The number of benzene rings is 1. The summed E-state index contributed by atoms with van der Waals surface area (Å²) in [5.41, 5.74) is 1.73. The first kappa shape index (κ1) is 11.9. The molecule has 0 amide bonds. The lowest BCUT2D eigenvalue weighted by Gasteiger charge is -1.95. The van der Waals surface area contributed by atoms with E-state index < -0.39 is 0 Å². The Hall–Kier alpha value is -1.62. The molecule has 4 nitrogen and oxygen atoms in total. The Bertz CT molecular complexity index is 590. The van der Waals surface area contributed by atoms with Gasteiger partial charge in [-0.2, -0.15) is 0 Å². The van der Waals surface area contributed by atoms with E-state index in [0.29, 0.717) is 11.5 Å². The maximum absolute atomic E-state index is 11.4. The number of ketones is 1. The third-order valence-electron chi connectivity index (χ3n) is 2.52. The molecule has 2 N–H and O–H groups in total. The summed E-state index contributed by atoms with van der Waals surface area (Å²) in [6, 6.07) is 7.48. The van der Waals surface area contributed by atoms with Crippen LogP contribution in [0.2, 0.25) is 0 Å². The molecule has 0 fully saturated rings. The molecule has 17 heavy (non-hydrogen) atoms. The van der Waals surface area contributed by atoms with Crippen molar-refractivity contribution in [2.45, 2.75) is 13.8 Å². The van der Waals surface area contributed by atoms with Gasteiger partial charge in [0.2, 0.25) is 5.78 Å². The van der Waals surface area contributed by atoms with Crippen LogP contribution in [0.3, 0.4) is 0 Å². The number of aryl methyl sites for hydroxylation is 1. The van der Waals surface area contributed by atoms with Crippen LogP contribution < -0.4 is 4.73 Å². The third kappa shape index (κ3) is 2.10. The number of rotatable bonds is 2. The SMILES string of the molecule is CC(=O)c1c(C)[nH]c(-c2cccc(Br)c2)[n+]1O. The minimum atomic E-state index is -0.178. The lowest BCUT2D eigenvalue weighted by Crippen LogP contribution is -2.37. The normalized spacial score (nSPS) is 10.5. The number of nitrogens with one attached hydrogen (secondary N) is 1. The van der Waals surface area contributed by atoms with E-state index in [1.165, 1.54) is 6.92 Å². The van der Waals surface area contributed by atoms with Crippen molar-refractivity contribution < 1.29 is 14.7 Å². The zero-order valence-electron chi connectivity index (χ0n) is 9.49. The number of imidazole rings is 1. The van der Waals surface area contributed by atoms with Gasteiger partial charge in [0.25, 0.3) is 5.69 Å². The second-order valence-corrected chi connectivity index (χ2v) is 4.74. The number of Topliss-reactive ketones (excluding diaryl/α,β-unsaturated/α-hetero) is 1. The molecule has 1 aromatic carbocycles. The lowest BCUT2D eigenvalue weighted by molar-refractivity contribution is -0.896. The van der Waals surface area contributed by atoms with Gasteiger partial charge >= 0.3 is 5.82 Å². The molecular formula is C12H12BrN2O2+. The Kier molecular flexibility index (Phi) is 3.02. The van der Waals surface area contributed by atoms with Gasteiger partial charge in [-0.15, -0.1) is 0 Å². The van der Waals surface area contributed by atoms with Crippen molar-refractivity contribution in [1.82, 2.24) is 4.98 Å². The van der Waals surface area contributed by atoms with Crippen molar-refractivity contribution in [3.63, 3.8) is 0 Å². The molecule has 0 aliphatic heterocycles. The summed E-state index contributed by atoms with van der Waals surface area (Å²) in [4.78, 5) is 14.4. The third-order valence-corrected chi connectivity index (χ3v) is 3.01. The lowest BCUT2D eigenvalue weighted by atomic mass is 10.2. The minimum Gasteiger partial charge on any atom is -0.349 e. The minimum absolute atomic E-state index is 0.178. The first-order chi connectivity index (χ1) is 8.00. The van der Waals surface area contributed by atoms with Crippen molar-refractivity contribution in [3.8, 4) is 11.4 Å². The summed E-state index contributed by atoms with van der Waals surface area (Å²) in [5, 5.41) is 9.97. The Morgan fingerprint density at radius 2 is 2.18 bits per heavy atom. The summed E-state index contributed by atoms with van der Waals surface area (Å²) >= 11 is 3.37. The van der Waals surface area contributed by atoms with Crippen LogP contribution in [0.4, 0.5) is 0 Å². The number of carbonyl (C=O) groups is 1. The molecule has 0 aliphatic carbocycles. The Morgan fingerprint density at radius 3 is 2.71 bits per heavy atom. The molecule has 0 saturated carbocycles. The van der Waals surface area contributed by atoms with Crippen molar-refractivity contribution in [2.75, 3.05) is 0 Å². The molecule has 0 aliphatic rings. The van der Waals surface area contributed by atoms with E-state index in [0.717, 1.165) is 14.8 Å². The maximum Gasteiger partial charge on any atom is 0.327 e. The van der Waals surface area contributed by atoms with Crippen molar-refractivity contribution in [2.24, 2.45) is 0 Å². The largest absolute Gasteiger partial charge is 0.349 e. The van der Waals surface area contributed by atoms with E-state index in [2.05, 4.69) is 20.9 Å². The summed E-state index contributed by atoms with van der Waals surface area (Å²) < 4.78 is 1.81. The van der Waals surface area contributed by atoms with Crippen LogP contribution >= 0.6 is 15.9 Å². The molecule has 1 heterocycles. The van der Waals surface area contributed by atoms with E-state index in [1.54, 1.807) is 6.92 Å². The van der Waals surface area contributed by atoms with Gasteiger partial charge < -0.3 is 5.21 Å². The quantitative estimate of drug-likeness (QED) is 0.508. The van der Waals surface area contributed by atoms with Gasteiger partial charge in [0.15, 0.2) is 5.69 Å². The first-order valence-electron chi connectivity index (χ1n) is 5.11. The highest BCUT2D eigenvalue weighted by molar-refractivity contribution is 9.10.